The summed E-state index contributed by atoms with van der Waals surface area (Å²) < 4.78 is 2.97. The fourth-order valence-corrected chi connectivity index (χ4v) is 3.75. The second-order valence-electron chi connectivity index (χ2n) is 6.62. The molecule has 0 bridgehead atoms. The lowest BCUT2D eigenvalue weighted by Crippen LogP contribution is -2.24. The number of carbonyl (C=O) groups excluding carboxylic acids is 1. The highest BCUT2D eigenvalue weighted by molar-refractivity contribution is 8.00. The third-order valence-electron chi connectivity index (χ3n) is 4.40. The summed E-state index contributed by atoms with van der Waals surface area (Å²) in [6.07, 6.45) is 1.72. The van der Waals surface area contributed by atoms with Crippen LogP contribution in [0, 0.1) is 13.8 Å². The molecule has 1 unspecified atom stereocenters. The Balaban J connectivity index is 1.51. The Hall–Kier alpha value is -3.40. The van der Waals surface area contributed by atoms with Crippen LogP contribution in [0.15, 0.2) is 47.8 Å². The maximum atomic E-state index is 12.7. The molecule has 10 heteroatoms. The van der Waals surface area contributed by atoms with Crippen LogP contribution in [0.2, 0.25) is 0 Å². The Morgan fingerprint density at radius 1 is 1.21 bits per heavy atom. The molecule has 0 spiro atoms. The number of benzene rings is 1. The molecular weight excluding hydrogens is 388 g/mol. The first kappa shape index (κ1) is 18.9. The Morgan fingerprint density at radius 3 is 2.79 bits per heavy atom. The fraction of sp³-hybridized carbons (Fsp3) is 0.211. The average molecular weight is 408 g/mol. The van der Waals surface area contributed by atoms with Crippen molar-refractivity contribution in [2.45, 2.75) is 31.2 Å². The number of nitrogens with zero attached hydrogens (tertiary/aromatic N) is 6. The van der Waals surface area contributed by atoms with Crippen molar-refractivity contribution in [1.29, 1.82) is 0 Å². The number of thioether (sulfide) groups is 1. The summed E-state index contributed by atoms with van der Waals surface area (Å²) in [7, 11) is 0. The predicted octanol–water partition coefficient (Wildman–Crippen LogP) is 2.46. The molecule has 9 nitrogen and oxygen atoms in total. The summed E-state index contributed by atoms with van der Waals surface area (Å²) in [5.41, 5.74) is 3.29. The van der Waals surface area contributed by atoms with Gasteiger partial charge in [0.2, 0.25) is 11.1 Å². The second kappa shape index (κ2) is 7.55. The molecule has 29 heavy (non-hydrogen) atoms. The van der Waals surface area contributed by atoms with E-state index in [1.165, 1.54) is 16.4 Å². The standard InChI is InChI=1S/C19H20N8OS/c1-11-10-12(2)27(25-11)18-23-24-19(26(18)20)29-13(3)17(28)22-16-8-4-7-15-14(16)6-5-9-21-15/h4-10,13H,20H2,1-3H3,(H,22,28). The SMILES string of the molecule is Cc1cc(C)n(-c2nnc(SC(C)C(=O)Nc3cccc4ncccc34)n2N)n1. The van der Waals surface area contributed by atoms with Gasteiger partial charge in [-0.05, 0) is 51.1 Å². The highest BCUT2D eigenvalue weighted by atomic mass is 32.2. The zero-order valence-corrected chi connectivity index (χ0v) is 17.0. The van der Waals surface area contributed by atoms with Crippen molar-refractivity contribution in [1.82, 2.24) is 29.6 Å². The van der Waals surface area contributed by atoms with Crippen molar-refractivity contribution in [3.63, 3.8) is 0 Å². The Morgan fingerprint density at radius 2 is 2.03 bits per heavy atom. The third kappa shape index (κ3) is 3.66. The fourth-order valence-electron chi connectivity index (χ4n) is 2.98. The van der Waals surface area contributed by atoms with E-state index in [0.29, 0.717) is 16.8 Å². The molecule has 3 aromatic heterocycles. The number of carbonyl (C=O) groups is 1. The largest absolute Gasteiger partial charge is 0.334 e. The summed E-state index contributed by atoms with van der Waals surface area (Å²) >= 11 is 1.23. The summed E-state index contributed by atoms with van der Waals surface area (Å²) in [6, 6.07) is 11.3. The van der Waals surface area contributed by atoms with Gasteiger partial charge in [0.1, 0.15) is 0 Å². The van der Waals surface area contributed by atoms with Gasteiger partial charge in [0.25, 0.3) is 5.95 Å². The molecule has 0 fully saturated rings. The van der Waals surface area contributed by atoms with Gasteiger partial charge < -0.3 is 11.2 Å². The first-order chi connectivity index (χ1) is 13.9. The Kier molecular flexibility index (Phi) is 4.93. The smallest absolute Gasteiger partial charge is 0.271 e. The van der Waals surface area contributed by atoms with Crippen molar-refractivity contribution < 1.29 is 4.79 Å². The molecule has 0 saturated heterocycles. The van der Waals surface area contributed by atoms with E-state index < -0.39 is 5.25 Å². The zero-order valence-electron chi connectivity index (χ0n) is 16.2. The molecule has 3 N–H and O–H groups in total. The van der Waals surface area contributed by atoms with Crippen LogP contribution in [-0.4, -0.2) is 40.8 Å². The highest BCUT2D eigenvalue weighted by Gasteiger charge is 2.21. The van der Waals surface area contributed by atoms with Crippen molar-refractivity contribution in [2.24, 2.45) is 0 Å². The number of nitrogens with one attached hydrogen (secondary N) is 1. The quantitative estimate of drug-likeness (QED) is 0.385. The zero-order chi connectivity index (χ0) is 20.5. The van der Waals surface area contributed by atoms with Gasteiger partial charge in [-0.2, -0.15) is 5.10 Å². The summed E-state index contributed by atoms with van der Waals surface area (Å²) in [5, 5.41) is 16.4. The normalized spacial score (nSPS) is 12.2. The van der Waals surface area contributed by atoms with Crippen molar-refractivity contribution in [3.05, 3.63) is 54.0 Å². The molecule has 1 atom stereocenters. The van der Waals surface area contributed by atoms with Gasteiger partial charge in [-0.15, -0.1) is 10.2 Å². The van der Waals surface area contributed by atoms with Gasteiger partial charge in [0.05, 0.1) is 22.1 Å². The van der Waals surface area contributed by atoms with E-state index in [4.69, 9.17) is 5.84 Å². The number of hydrogen-bond acceptors (Lipinski definition) is 7. The predicted molar refractivity (Wildman–Crippen MR) is 112 cm³/mol. The van der Waals surface area contributed by atoms with Gasteiger partial charge in [0, 0.05) is 17.3 Å². The minimum atomic E-state index is -0.443. The summed E-state index contributed by atoms with van der Waals surface area (Å²) in [5.74, 6) is 6.39. The number of nitrogens with two attached hydrogens (primary N) is 1. The molecule has 0 saturated carbocycles. The van der Waals surface area contributed by atoms with E-state index in [1.807, 2.05) is 50.2 Å². The highest BCUT2D eigenvalue weighted by Crippen LogP contribution is 2.25. The van der Waals surface area contributed by atoms with Crippen molar-refractivity contribution in [3.8, 4) is 5.95 Å². The van der Waals surface area contributed by atoms with Crippen molar-refractivity contribution in [2.75, 3.05) is 11.2 Å². The lowest BCUT2D eigenvalue weighted by Gasteiger charge is -2.13. The number of aromatic nitrogens is 6. The van der Waals surface area contributed by atoms with E-state index >= 15 is 0 Å². The first-order valence-corrected chi connectivity index (χ1v) is 9.87. The number of hydrogen-bond donors (Lipinski definition) is 2. The van der Waals surface area contributed by atoms with Crippen LogP contribution < -0.4 is 11.2 Å². The Labute approximate surface area is 171 Å². The number of anilines is 1. The molecule has 0 aliphatic heterocycles. The lowest BCUT2D eigenvalue weighted by atomic mass is 10.2. The van der Waals surface area contributed by atoms with Crippen LogP contribution in [0.3, 0.4) is 0 Å². The molecule has 1 aromatic carbocycles. The number of pyridine rings is 1. The second-order valence-corrected chi connectivity index (χ2v) is 7.92. The molecule has 0 aliphatic carbocycles. The van der Waals surface area contributed by atoms with Gasteiger partial charge in [-0.3, -0.25) is 9.78 Å². The molecule has 0 radical (unpaired) electrons. The van der Waals surface area contributed by atoms with Crippen LogP contribution in [0.4, 0.5) is 5.69 Å². The van der Waals surface area contributed by atoms with E-state index in [1.54, 1.807) is 17.8 Å². The van der Waals surface area contributed by atoms with Crippen molar-refractivity contribution >= 4 is 34.3 Å². The molecular formula is C19H20N8OS. The van der Waals surface area contributed by atoms with Crippen LogP contribution in [0.5, 0.6) is 0 Å². The monoisotopic (exact) mass is 408 g/mol. The number of amides is 1. The minimum Gasteiger partial charge on any atom is -0.334 e. The molecule has 0 aliphatic rings. The molecule has 148 valence electrons. The minimum absolute atomic E-state index is 0.165. The molecule has 4 rings (SSSR count). The van der Waals surface area contributed by atoms with Crippen LogP contribution in [0.25, 0.3) is 16.9 Å². The van der Waals surface area contributed by atoms with E-state index in [9.17, 15) is 4.79 Å². The maximum absolute atomic E-state index is 12.7. The molecule has 4 aromatic rings. The van der Waals surface area contributed by atoms with Crippen LogP contribution in [0.1, 0.15) is 18.3 Å². The van der Waals surface area contributed by atoms with E-state index in [2.05, 4.69) is 25.6 Å². The number of nitrogen functional groups attached to an aromatic ring is 1. The van der Waals surface area contributed by atoms with Gasteiger partial charge in [-0.1, -0.05) is 17.8 Å². The molecule has 3 heterocycles. The third-order valence-corrected chi connectivity index (χ3v) is 5.46. The van der Waals surface area contributed by atoms with Crippen LogP contribution in [-0.2, 0) is 4.79 Å². The van der Waals surface area contributed by atoms with Gasteiger partial charge in [0.15, 0.2) is 0 Å². The van der Waals surface area contributed by atoms with Gasteiger partial charge in [-0.25, -0.2) is 9.36 Å². The number of fused-ring (bicyclic) bond motifs is 1. The lowest BCUT2D eigenvalue weighted by molar-refractivity contribution is -0.115. The number of rotatable bonds is 5. The first-order valence-electron chi connectivity index (χ1n) is 8.99. The topological polar surface area (TPSA) is 117 Å². The average Bonchev–Trinajstić information content (AvgIpc) is 3.23. The summed E-state index contributed by atoms with van der Waals surface area (Å²) in [6.45, 7) is 5.60. The Bertz CT molecular complexity index is 1190. The van der Waals surface area contributed by atoms with E-state index in [0.717, 1.165) is 22.3 Å². The summed E-state index contributed by atoms with van der Waals surface area (Å²) in [4.78, 5) is 17.0. The van der Waals surface area contributed by atoms with E-state index in [-0.39, 0.29) is 5.91 Å². The van der Waals surface area contributed by atoms with Gasteiger partial charge >= 0.3 is 0 Å². The number of aryl methyl sites for hydroxylation is 2. The van der Waals surface area contributed by atoms with Crippen LogP contribution >= 0.6 is 11.8 Å². The molecule has 1 amide bonds. The maximum Gasteiger partial charge on any atom is 0.271 e.